The molecule has 1 aliphatic carbocycles. The van der Waals surface area contributed by atoms with E-state index in [1.54, 1.807) is 0 Å². The molecule has 0 aromatic heterocycles. The minimum Gasteiger partial charge on any atom is -0.300 e. The number of hydrogen-bond acceptors (Lipinski definition) is 6. The highest BCUT2D eigenvalue weighted by Crippen LogP contribution is 2.31. The maximum Gasteiger partial charge on any atom is 0.262 e. The number of carbonyl (C=O) groups is 4. The smallest absolute Gasteiger partial charge is 0.262 e. The lowest BCUT2D eigenvalue weighted by molar-refractivity contribution is -0.125. The van der Waals surface area contributed by atoms with Crippen molar-refractivity contribution in [2.24, 2.45) is 0 Å². The zero-order chi connectivity index (χ0) is 23.0. The van der Waals surface area contributed by atoms with Crippen LogP contribution in [-0.4, -0.2) is 42.7 Å². The van der Waals surface area contributed by atoms with Crippen LogP contribution in [0.15, 0.2) is 47.4 Å². The number of rotatable bonds is 4. The molecule has 1 saturated carbocycles. The third-order valence-corrected chi connectivity index (χ3v) is 6.91. The molecule has 1 heterocycles. The van der Waals surface area contributed by atoms with Crippen molar-refractivity contribution in [3.63, 3.8) is 0 Å². The van der Waals surface area contributed by atoms with Crippen LogP contribution in [0.3, 0.4) is 0 Å². The summed E-state index contributed by atoms with van der Waals surface area (Å²) < 4.78 is 40.8. The van der Waals surface area contributed by atoms with E-state index in [0.29, 0.717) is 12.8 Å². The van der Waals surface area contributed by atoms with Crippen LogP contribution in [0.4, 0.5) is 10.1 Å². The van der Waals surface area contributed by atoms with Crippen molar-refractivity contribution in [2.45, 2.75) is 43.0 Å². The number of amides is 2. The molecule has 0 radical (unpaired) electrons. The molecular weight excluding hydrogens is 439 g/mol. The number of nitrogens with one attached hydrogen (secondary N) is 1. The zero-order valence-electron chi connectivity index (χ0n) is 16.8. The number of nitrogens with zero attached hydrogens (tertiary/aromatic N) is 1. The van der Waals surface area contributed by atoms with Crippen molar-refractivity contribution < 1.29 is 32.0 Å². The Balaban J connectivity index is 1.61. The van der Waals surface area contributed by atoms with E-state index in [1.807, 2.05) is 0 Å². The van der Waals surface area contributed by atoms with Gasteiger partial charge in [0.1, 0.15) is 11.6 Å². The van der Waals surface area contributed by atoms with Crippen LogP contribution in [0.2, 0.25) is 0 Å². The van der Waals surface area contributed by atoms with Crippen molar-refractivity contribution in [2.75, 3.05) is 4.72 Å². The van der Waals surface area contributed by atoms with Gasteiger partial charge in [0.2, 0.25) is 0 Å². The summed E-state index contributed by atoms with van der Waals surface area (Å²) in [5.41, 5.74) is 0.00991. The molecule has 32 heavy (non-hydrogen) atoms. The van der Waals surface area contributed by atoms with Gasteiger partial charge in [0, 0.05) is 24.9 Å². The number of benzene rings is 2. The second-order valence-corrected chi connectivity index (χ2v) is 9.40. The molecule has 10 heteroatoms. The lowest BCUT2D eigenvalue weighted by Crippen LogP contribution is -2.45. The Morgan fingerprint density at radius 1 is 0.906 bits per heavy atom. The lowest BCUT2D eigenvalue weighted by atomic mass is 9.94. The van der Waals surface area contributed by atoms with Gasteiger partial charge in [0.05, 0.1) is 22.1 Å². The Labute approximate surface area is 183 Å². The van der Waals surface area contributed by atoms with Gasteiger partial charge in [-0.1, -0.05) is 6.07 Å². The molecule has 8 nitrogen and oxygen atoms in total. The quantitative estimate of drug-likeness (QED) is 0.704. The van der Waals surface area contributed by atoms with Crippen LogP contribution < -0.4 is 4.72 Å². The molecule has 166 valence electrons. The lowest BCUT2D eigenvalue weighted by Gasteiger charge is -2.26. The summed E-state index contributed by atoms with van der Waals surface area (Å²) in [6, 6.07) is 7.24. The summed E-state index contributed by atoms with van der Waals surface area (Å²) in [7, 11) is -4.13. The fourth-order valence-electron chi connectivity index (χ4n) is 3.94. The van der Waals surface area contributed by atoms with Crippen LogP contribution in [0, 0.1) is 5.82 Å². The Bertz CT molecular complexity index is 1260. The summed E-state index contributed by atoms with van der Waals surface area (Å²) >= 11 is 0. The first-order valence-electron chi connectivity index (χ1n) is 10.0. The molecule has 1 unspecified atom stereocenters. The van der Waals surface area contributed by atoms with Crippen molar-refractivity contribution in [1.29, 1.82) is 0 Å². The fraction of sp³-hybridized carbons (Fsp3) is 0.273. The molecule has 0 spiro atoms. The topological polar surface area (TPSA) is 118 Å². The monoisotopic (exact) mass is 458 g/mol. The predicted molar refractivity (Wildman–Crippen MR) is 111 cm³/mol. The first-order valence-corrected chi connectivity index (χ1v) is 11.5. The van der Waals surface area contributed by atoms with Gasteiger partial charge in [-0.3, -0.25) is 28.8 Å². The van der Waals surface area contributed by atoms with Gasteiger partial charge >= 0.3 is 0 Å². The summed E-state index contributed by atoms with van der Waals surface area (Å²) in [6.45, 7) is 0. The van der Waals surface area contributed by atoms with Crippen molar-refractivity contribution in [3.05, 3.63) is 59.4 Å². The molecule has 1 fully saturated rings. The van der Waals surface area contributed by atoms with Crippen LogP contribution in [0.25, 0.3) is 0 Å². The maximum atomic E-state index is 13.4. The van der Waals surface area contributed by atoms with Gasteiger partial charge in [-0.25, -0.2) is 12.8 Å². The summed E-state index contributed by atoms with van der Waals surface area (Å²) in [5.74, 6) is -2.40. The minimum atomic E-state index is -4.13. The van der Waals surface area contributed by atoms with Gasteiger partial charge in [-0.05, 0) is 49.2 Å². The number of sulfonamides is 1. The molecule has 1 N–H and O–H groups in total. The van der Waals surface area contributed by atoms with Crippen LogP contribution >= 0.6 is 0 Å². The molecule has 2 aromatic rings. The highest BCUT2D eigenvalue weighted by atomic mass is 32.2. The molecule has 2 aliphatic rings. The Morgan fingerprint density at radius 3 is 2.41 bits per heavy atom. The van der Waals surface area contributed by atoms with Crippen molar-refractivity contribution in [1.82, 2.24) is 4.90 Å². The normalized spacial score (nSPS) is 19.5. The largest absolute Gasteiger partial charge is 0.300 e. The van der Waals surface area contributed by atoms with E-state index in [1.165, 1.54) is 30.3 Å². The number of anilines is 1. The Hall–Kier alpha value is -3.40. The van der Waals surface area contributed by atoms with E-state index in [4.69, 9.17) is 0 Å². The molecule has 2 aromatic carbocycles. The van der Waals surface area contributed by atoms with E-state index in [9.17, 15) is 32.0 Å². The van der Waals surface area contributed by atoms with Gasteiger partial charge in [-0.2, -0.15) is 0 Å². The third-order valence-electron chi connectivity index (χ3n) is 5.54. The van der Waals surface area contributed by atoms with Gasteiger partial charge in [-0.15, -0.1) is 0 Å². The Kier molecular flexibility index (Phi) is 5.64. The Morgan fingerprint density at radius 2 is 1.66 bits per heavy atom. The number of Topliss-reactive ketones (excluding diaryl/α,β-unsaturated/α-hetero) is 2. The molecule has 0 saturated heterocycles. The number of carbonyl (C=O) groups excluding carboxylic acids is 4. The number of halogens is 1. The number of fused-ring (bicyclic) bond motifs is 1. The third kappa shape index (κ3) is 4.05. The highest BCUT2D eigenvalue weighted by molar-refractivity contribution is 7.92. The van der Waals surface area contributed by atoms with E-state index in [0.717, 1.165) is 17.0 Å². The molecular formula is C22H19FN2O6S. The van der Waals surface area contributed by atoms with Crippen LogP contribution in [0.1, 0.15) is 52.8 Å². The fourth-order valence-corrected chi connectivity index (χ4v) is 5.02. The highest BCUT2D eigenvalue weighted by Gasteiger charge is 2.43. The molecule has 2 amide bonds. The van der Waals surface area contributed by atoms with Crippen molar-refractivity contribution in [3.8, 4) is 0 Å². The van der Waals surface area contributed by atoms with Gasteiger partial charge < -0.3 is 0 Å². The average Bonchev–Trinajstić information content (AvgIpc) is 2.97. The number of imide groups is 1. The minimum absolute atomic E-state index is 0.00943. The van der Waals surface area contributed by atoms with E-state index < -0.39 is 33.7 Å². The maximum absolute atomic E-state index is 13.4. The number of hydrogen-bond donors (Lipinski definition) is 1. The van der Waals surface area contributed by atoms with Gasteiger partial charge in [0.15, 0.2) is 5.78 Å². The van der Waals surface area contributed by atoms with Gasteiger partial charge in [0.25, 0.3) is 21.8 Å². The van der Waals surface area contributed by atoms with Crippen molar-refractivity contribution >= 4 is 39.1 Å². The van der Waals surface area contributed by atoms with E-state index in [2.05, 4.69) is 4.72 Å². The van der Waals surface area contributed by atoms with Crippen LogP contribution in [-0.2, 0) is 19.6 Å². The summed E-state index contributed by atoms with van der Waals surface area (Å²) in [6.07, 6.45) is 0.950. The first-order chi connectivity index (χ1) is 15.2. The molecule has 1 aliphatic heterocycles. The SMILES string of the molecule is O=C1CCCC(=O)C(N2C(=O)c3ccc(NS(=O)(=O)c4cccc(F)c4)cc3C2=O)CC1. The zero-order valence-corrected chi connectivity index (χ0v) is 17.7. The second kappa shape index (κ2) is 8.27. The average molecular weight is 458 g/mol. The number of ketones is 2. The summed E-state index contributed by atoms with van der Waals surface area (Å²) in [5, 5.41) is 0. The van der Waals surface area contributed by atoms with E-state index in [-0.39, 0.29) is 52.5 Å². The standard InChI is InChI=1S/C22H19FN2O6S/c23-13-3-1-5-16(11-13)32(30,31)24-14-7-9-17-18(12-14)22(29)25(21(17)28)19-10-8-15(26)4-2-6-20(19)27/h1,3,5,7,9,11-12,19,24H,2,4,6,8,10H2. The van der Waals surface area contributed by atoms with Crippen LogP contribution in [0.5, 0.6) is 0 Å². The molecule has 4 rings (SSSR count). The van der Waals surface area contributed by atoms with E-state index >= 15 is 0 Å². The molecule has 1 atom stereocenters. The second-order valence-electron chi connectivity index (χ2n) is 7.72. The predicted octanol–water partition coefficient (Wildman–Crippen LogP) is 2.69. The molecule has 0 bridgehead atoms. The summed E-state index contributed by atoms with van der Waals surface area (Å²) in [4.78, 5) is 50.8. The first kappa shape index (κ1) is 21.8.